The Balaban J connectivity index is 1.37. The molecule has 0 radical (unpaired) electrons. The van der Waals surface area contributed by atoms with Gasteiger partial charge in [-0.05, 0) is 47.6 Å². The molecule has 3 N–H and O–H groups in total. The number of aliphatic hydroxyl groups is 1. The summed E-state index contributed by atoms with van der Waals surface area (Å²) in [5.74, 6) is -1.03. The number of urea groups is 1. The highest BCUT2D eigenvalue weighted by Gasteiger charge is 2.55. The molecule has 258 valence electrons. The first-order chi connectivity index (χ1) is 22.9. The number of amides is 3. The maximum Gasteiger partial charge on any atom is 0.315 e. The largest absolute Gasteiger partial charge is 0.387 e. The Kier molecular flexibility index (Phi) is 11.0. The Labute approximate surface area is 283 Å². The fraction of sp³-hybridized carbons (Fsp3) is 0.553. The average molecular weight is 659 g/mol. The van der Waals surface area contributed by atoms with Gasteiger partial charge in [-0.2, -0.15) is 0 Å². The fourth-order valence-corrected chi connectivity index (χ4v) is 6.87. The molecule has 48 heavy (non-hydrogen) atoms. The van der Waals surface area contributed by atoms with E-state index in [1.165, 1.54) is 0 Å². The first-order valence-electron chi connectivity index (χ1n) is 17.3. The normalized spacial score (nSPS) is 22.4. The zero-order valence-corrected chi connectivity index (χ0v) is 28.6. The van der Waals surface area contributed by atoms with Gasteiger partial charge in [0.05, 0.1) is 18.3 Å². The van der Waals surface area contributed by atoms with Gasteiger partial charge >= 0.3 is 6.03 Å². The topological polar surface area (TPSA) is 137 Å². The monoisotopic (exact) mass is 658 g/mol. The standard InChI is InChI=1S/C38H50N4O6/c1-5-12-28(33(45)32(44)19-25-17-18-25)20-31(43)30-22-38(21-29(41-48-38)27-15-10-7-11-16-27)24-42(30)35(46)34(37(2,3)4)40-36(47)39-23-26-13-8-6-9-14-26/h6-11,13-16,25,28,30,33-34,45H,5,12,17-24H2,1-4H3,(H2,39,40,47)/t28-,30+,33?,34-,38-/m1/s1. The molecule has 1 saturated heterocycles. The Hall–Kier alpha value is -4.05. The van der Waals surface area contributed by atoms with Crippen LogP contribution in [0.2, 0.25) is 0 Å². The number of ketones is 2. The first kappa shape index (κ1) is 35.3. The molecule has 3 aliphatic rings. The molecule has 1 saturated carbocycles. The summed E-state index contributed by atoms with van der Waals surface area (Å²) in [6.07, 6.45) is 2.93. The molecule has 5 atom stereocenters. The summed E-state index contributed by atoms with van der Waals surface area (Å²) in [7, 11) is 0. The summed E-state index contributed by atoms with van der Waals surface area (Å²) >= 11 is 0. The van der Waals surface area contributed by atoms with E-state index >= 15 is 0 Å². The number of hydrogen-bond donors (Lipinski definition) is 3. The average Bonchev–Trinajstić information content (AvgIpc) is 3.66. The van der Waals surface area contributed by atoms with Gasteiger partial charge in [0.15, 0.2) is 17.2 Å². The number of rotatable bonds is 14. The predicted octanol–water partition coefficient (Wildman–Crippen LogP) is 5.17. The molecule has 10 nitrogen and oxygen atoms in total. The molecule has 10 heteroatoms. The Morgan fingerprint density at radius 3 is 2.33 bits per heavy atom. The van der Waals surface area contributed by atoms with Gasteiger partial charge in [0.1, 0.15) is 12.1 Å². The molecule has 1 unspecified atom stereocenters. The van der Waals surface area contributed by atoms with Gasteiger partial charge in [0, 0.05) is 32.2 Å². The minimum Gasteiger partial charge on any atom is -0.387 e. The van der Waals surface area contributed by atoms with Crippen molar-refractivity contribution in [2.45, 2.75) is 109 Å². The van der Waals surface area contributed by atoms with Crippen molar-refractivity contribution in [3.8, 4) is 0 Å². The fourth-order valence-electron chi connectivity index (χ4n) is 6.87. The second kappa shape index (κ2) is 15.0. The molecule has 2 aromatic carbocycles. The van der Waals surface area contributed by atoms with Gasteiger partial charge in [0.25, 0.3) is 0 Å². The van der Waals surface area contributed by atoms with Gasteiger partial charge in [-0.15, -0.1) is 0 Å². The summed E-state index contributed by atoms with van der Waals surface area (Å²) in [4.78, 5) is 62.4. The zero-order chi connectivity index (χ0) is 34.5. The van der Waals surface area contributed by atoms with Crippen molar-refractivity contribution in [2.24, 2.45) is 22.4 Å². The van der Waals surface area contributed by atoms with E-state index in [1.54, 1.807) is 4.90 Å². The summed E-state index contributed by atoms with van der Waals surface area (Å²) in [5, 5.41) is 21.2. The third-order valence-corrected chi connectivity index (χ3v) is 9.77. The molecule has 2 aliphatic heterocycles. The molecule has 0 bridgehead atoms. The van der Waals surface area contributed by atoms with Crippen LogP contribution in [0, 0.1) is 17.3 Å². The van der Waals surface area contributed by atoms with Crippen LogP contribution in [0.1, 0.15) is 90.2 Å². The van der Waals surface area contributed by atoms with Crippen molar-refractivity contribution >= 4 is 29.2 Å². The van der Waals surface area contributed by atoms with Crippen molar-refractivity contribution in [3.63, 3.8) is 0 Å². The minimum absolute atomic E-state index is 0.0342. The van der Waals surface area contributed by atoms with Crippen molar-refractivity contribution in [3.05, 3.63) is 71.8 Å². The van der Waals surface area contributed by atoms with Crippen molar-refractivity contribution < 1.29 is 29.1 Å². The number of nitrogens with one attached hydrogen (secondary N) is 2. The Morgan fingerprint density at radius 2 is 1.71 bits per heavy atom. The number of carbonyl (C=O) groups is 4. The van der Waals surface area contributed by atoms with E-state index in [0.29, 0.717) is 38.1 Å². The van der Waals surface area contributed by atoms with Gasteiger partial charge < -0.3 is 25.5 Å². The highest BCUT2D eigenvalue weighted by molar-refractivity contribution is 6.02. The molecule has 3 amide bonds. The molecule has 0 aromatic heterocycles. The number of aliphatic hydroxyl groups excluding tert-OH is 1. The number of carbonyl (C=O) groups excluding carboxylic acids is 4. The maximum absolute atomic E-state index is 14.5. The number of likely N-dealkylation sites (tertiary alicyclic amines) is 1. The van der Waals surface area contributed by atoms with Crippen LogP contribution < -0.4 is 10.6 Å². The van der Waals surface area contributed by atoms with Crippen LogP contribution in [-0.4, -0.2) is 69.6 Å². The van der Waals surface area contributed by atoms with Crippen LogP contribution in [0.15, 0.2) is 65.8 Å². The van der Waals surface area contributed by atoms with E-state index in [0.717, 1.165) is 29.7 Å². The number of hydrogen-bond acceptors (Lipinski definition) is 7. The molecule has 2 aromatic rings. The van der Waals surface area contributed by atoms with E-state index in [2.05, 4.69) is 15.8 Å². The highest BCUT2D eigenvalue weighted by atomic mass is 16.7. The second-order valence-electron chi connectivity index (χ2n) is 14.9. The summed E-state index contributed by atoms with van der Waals surface area (Å²) in [5.41, 5.74) is 0.965. The van der Waals surface area contributed by atoms with E-state index in [9.17, 15) is 24.3 Å². The summed E-state index contributed by atoms with van der Waals surface area (Å²) < 4.78 is 0. The van der Waals surface area contributed by atoms with E-state index in [1.807, 2.05) is 88.4 Å². The lowest BCUT2D eigenvalue weighted by Gasteiger charge is -2.35. The van der Waals surface area contributed by atoms with Crippen LogP contribution >= 0.6 is 0 Å². The van der Waals surface area contributed by atoms with E-state index in [4.69, 9.17) is 4.84 Å². The van der Waals surface area contributed by atoms with Crippen LogP contribution in [0.5, 0.6) is 0 Å². The third-order valence-electron chi connectivity index (χ3n) is 9.77. The van der Waals surface area contributed by atoms with Crippen molar-refractivity contribution in [1.29, 1.82) is 0 Å². The van der Waals surface area contributed by atoms with Crippen LogP contribution in [0.25, 0.3) is 0 Å². The maximum atomic E-state index is 14.5. The number of benzene rings is 2. The van der Waals surface area contributed by atoms with E-state index < -0.39 is 41.2 Å². The molecule has 1 spiro atoms. The molecular weight excluding hydrogens is 608 g/mol. The Bertz CT molecular complexity index is 1490. The lowest BCUT2D eigenvalue weighted by molar-refractivity contribution is -0.142. The quantitative estimate of drug-likeness (QED) is 0.256. The highest BCUT2D eigenvalue weighted by Crippen LogP contribution is 2.41. The van der Waals surface area contributed by atoms with Gasteiger partial charge in [-0.1, -0.05) is 99.9 Å². The first-order valence-corrected chi connectivity index (χ1v) is 17.3. The third kappa shape index (κ3) is 8.69. The van der Waals surface area contributed by atoms with Gasteiger partial charge in [-0.25, -0.2) is 4.79 Å². The molecular formula is C38H50N4O6. The minimum atomic E-state index is -1.22. The van der Waals surface area contributed by atoms with Crippen LogP contribution in [0.4, 0.5) is 4.79 Å². The van der Waals surface area contributed by atoms with Crippen LogP contribution in [-0.2, 0) is 25.8 Å². The lowest BCUT2D eigenvalue weighted by Crippen LogP contribution is -2.58. The van der Waals surface area contributed by atoms with Crippen LogP contribution in [0.3, 0.4) is 0 Å². The molecule has 1 aliphatic carbocycles. The van der Waals surface area contributed by atoms with Crippen molar-refractivity contribution in [2.75, 3.05) is 6.54 Å². The molecule has 2 heterocycles. The van der Waals surface area contributed by atoms with Gasteiger partial charge in [0.2, 0.25) is 5.91 Å². The van der Waals surface area contributed by atoms with E-state index in [-0.39, 0.29) is 36.9 Å². The lowest BCUT2D eigenvalue weighted by atomic mass is 9.84. The Morgan fingerprint density at radius 1 is 1.04 bits per heavy atom. The SMILES string of the molecule is CCC[C@H](CC(=O)[C@@H]1C[C@]2(CC(c3ccccc3)=NO2)CN1C(=O)[C@@H](NC(=O)NCc1ccccc1)C(C)(C)C)C(O)C(=O)CC1CC1. The number of Topliss-reactive ketones (excluding diaryl/α,β-unsaturated/α-hetero) is 2. The predicted molar refractivity (Wildman–Crippen MR) is 183 cm³/mol. The summed E-state index contributed by atoms with van der Waals surface area (Å²) in [6.45, 7) is 7.99. The second-order valence-corrected chi connectivity index (χ2v) is 14.9. The summed E-state index contributed by atoms with van der Waals surface area (Å²) in [6, 6.07) is 16.8. The molecule has 2 fully saturated rings. The molecule has 5 rings (SSSR count). The number of oxime groups is 1. The zero-order valence-electron chi connectivity index (χ0n) is 28.6. The van der Waals surface area contributed by atoms with Crippen molar-refractivity contribution in [1.82, 2.24) is 15.5 Å². The smallest absolute Gasteiger partial charge is 0.315 e. The van der Waals surface area contributed by atoms with Gasteiger partial charge in [-0.3, -0.25) is 14.4 Å². The number of nitrogens with zero attached hydrogens (tertiary/aromatic N) is 2.